The number of benzene rings is 2. The van der Waals surface area contributed by atoms with E-state index in [-0.39, 0.29) is 0 Å². The fourth-order valence-electron chi connectivity index (χ4n) is 4.01. The molecule has 34 heavy (non-hydrogen) atoms. The Balaban J connectivity index is 1.22. The maximum Gasteiger partial charge on any atom is 0.166 e. The third-order valence-corrected chi connectivity index (χ3v) is 6.85. The summed E-state index contributed by atoms with van der Waals surface area (Å²) in [7, 11) is 4.12. The Morgan fingerprint density at radius 3 is 2.32 bits per heavy atom. The van der Waals surface area contributed by atoms with E-state index in [0.29, 0.717) is 5.82 Å². The molecular weight excluding hydrogens is 440 g/mol. The SMILES string of the molecule is Cc1cc2c(NCCCc3ccc(-c4ccc(N(C)C)cc4)cc3)nc(-c3ccoc3)nc2s1. The van der Waals surface area contributed by atoms with Crippen LogP contribution >= 0.6 is 11.3 Å². The Kier molecular flexibility index (Phi) is 6.32. The molecule has 0 spiro atoms. The van der Waals surface area contributed by atoms with Gasteiger partial charge in [-0.25, -0.2) is 9.97 Å². The van der Waals surface area contributed by atoms with Crippen molar-refractivity contribution in [1.29, 1.82) is 0 Å². The van der Waals surface area contributed by atoms with Crippen LogP contribution < -0.4 is 10.2 Å². The van der Waals surface area contributed by atoms with Crippen molar-refractivity contribution in [3.63, 3.8) is 0 Å². The van der Waals surface area contributed by atoms with Crippen LogP contribution in [-0.2, 0) is 6.42 Å². The quantitative estimate of drug-likeness (QED) is 0.248. The molecule has 5 nitrogen and oxygen atoms in total. The van der Waals surface area contributed by atoms with Crippen LogP contribution in [0.2, 0.25) is 0 Å². The summed E-state index contributed by atoms with van der Waals surface area (Å²) in [6.07, 6.45) is 5.37. The summed E-state index contributed by atoms with van der Waals surface area (Å²) in [6, 6.07) is 21.6. The highest BCUT2D eigenvalue weighted by Gasteiger charge is 2.12. The molecule has 5 aromatic rings. The first-order chi connectivity index (χ1) is 16.6. The summed E-state index contributed by atoms with van der Waals surface area (Å²) >= 11 is 1.69. The molecule has 0 aliphatic rings. The number of hydrogen-bond donors (Lipinski definition) is 1. The molecule has 0 bridgehead atoms. The van der Waals surface area contributed by atoms with E-state index in [2.05, 4.69) is 85.8 Å². The zero-order chi connectivity index (χ0) is 23.5. The maximum atomic E-state index is 5.23. The van der Waals surface area contributed by atoms with Gasteiger partial charge in [0.2, 0.25) is 0 Å². The molecule has 6 heteroatoms. The molecule has 3 aromatic heterocycles. The third kappa shape index (κ3) is 4.82. The van der Waals surface area contributed by atoms with Gasteiger partial charge in [0.25, 0.3) is 0 Å². The van der Waals surface area contributed by atoms with Gasteiger partial charge in [-0.15, -0.1) is 11.3 Å². The van der Waals surface area contributed by atoms with Crippen LogP contribution in [0.1, 0.15) is 16.9 Å². The average molecular weight is 469 g/mol. The molecule has 0 saturated carbocycles. The lowest BCUT2D eigenvalue weighted by atomic mass is 10.0. The molecule has 0 radical (unpaired) electrons. The van der Waals surface area contributed by atoms with Crippen LogP contribution in [0.4, 0.5) is 11.5 Å². The summed E-state index contributed by atoms with van der Waals surface area (Å²) in [5.74, 6) is 1.59. The minimum atomic E-state index is 0.694. The Morgan fingerprint density at radius 1 is 0.912 bits per heavy atom. The van der Waals surface area contributed by atoms with Gasteiger partial charge in [0.05, 0.1) is 17.2 Å². The number of rotatable bonds is 8. The maximum absolute atomic E-state index is 5.23. The molecule has 5 rings (SSSR count). The number of hydrogen-bond acceptors (Lipinski definition) is 6. The first-order valence-corrected chi connectivity index (χ1v) is 12.3. The topological polar surface area (TPSA) is 54.2 Å². The number of thiophene rings is 1. The molecular formula is C28H28N4OS. The molecule has 2 aromatic carbocycles. The zero-order valence-electron chi connectivity index (χ0n) is 19.7. The molecule has 172 valence electrons. The molecule has 0 aliphatic carbocycles. The molecule has 0 aliphatic heterocycles. The highest BCUT2D eigenvalue weighted by molar-refractivity contribution is 7.18. The second kappa shape index (κ2) is 9.69. The van der Waals surface area contributed by atoms with Crippen molar-refractivity contribution in [2.75, 3.05) is 30.9 Å². The van der Waals surface area contributed by atoms with Crippen LogP contribution in [0, 0.1) is 6.92 Å². The van der Waals surface area contributed by atoms with Gasteiger partial charge in [0, 0.05) is 31.2 Å². The van der Waals surface area contributed by atoms with E-state index in [1.54, 1.807) is 23.9 Å². The lowest BCUT2D eigenvalue weighted by Gasteiger charge is -2.13. The van der Waals surface area contributed by atoms with Crippen LogP contribution in [0.5, 0.6) is 0 Å². The number of furan rings is 1. The Labute approximate surface area is 204 Å². The van der Waals surface area contributed by atoms with E-state index in [0.717, 1.165) is 41.0 Å². The second-order valence-electron chi connectivity index (χ2n) is 8.65. The highest BCUT2D eigenvalue weighted by atomic mass is 32.1. The van der Waals surface area contributed by atoms with Crippen molar-refractivity contribution < 1.29 is 4.42 Å². The van der Waals surface area contributed by atoms with Gasteiger partial charge in [-0.1, -0.05) is 36.4 Å². The zero-order valence-corrected chi connectivity index (χ0v) is 20.5. The molecule has 1 N–H and O–H groups in total. The summed E-state index contributed by atoms with van der Waals surface area (Å²) in [6.45, 7) is 2.95. The molecule has 0 atom stereocenters. The summed E-state index contributed by atoms with van der Waals surface area (Å²) in [4.78, 5) is 13.9. The molecule has 0 amide bonds. The number of nitrogens with one attached hydrogen (secondary N) is 1. The van der Waals surface area contributed by atoms with Crippen molar-refractivity contribution in [2.45, 2.75) is 19.8 Å². The standard InChI is InChI=1S/C28H28N4OS/c1-19-17-25-27(30-26(31-28(25)34-19)23-14-16-33-18-23)29-15-4-5-20-6-8-21(9-7-20)22-10-12-24(13-11-22)32(2)3/h6-14,16-18H,4-5,15H2,1-3H3,(H,29,30,31). The average Bonchev–Trinajstić information content (AvgIpc) is 3.51. The van der Waals surface area contributed by atoms with E-state index < -0.39 is 0 Å². The predicted octanol–water partition coefficient (Wildman–Crippen LogP) is 7.04. The fourth-order valence-corrected chi connectivity index (χ4v) is 4.89. The van der Waals surface area contributed by atoms with Gasteiger partial charge in [-0.3, -0.25) is 0 Å². The first-order valence-electron chi connectivity index (χ1n) is 11.5. The van der Waals surface area contributed by atoms with Gasteiger partial charge in [-0.05, 0) is 60.7 Å². The molecule has 3 heterocycles. The number of nitrogens with zero attached hydrogens (tertiary/aromatic N) is 3. The van der Waals surface area contributed by atoms with E-state index in [1.807, 2.05) is 6.07 Å². The van der Waals surface area contributed by atoms with Crippen LogP contribution in [0.15, 0.2) is 77.6 Å². The van der Waals surface area contributed by atoms with Crippen LogP contribution in [0.3, 0.4) is 0 Å². The fraction of sp³-hybridized carbons (Fsp3) is 0.214. The van der Waals surface area contributed by atoms with Crippen molar-refractivity contribution in [3.8, 4) is 22.5 Å². The number of aromatic nitrogens is 2. The lowest BCUT2D eigenvalue weighted by molar-refractivity contribution is 0.568. The van der Waals surface area contributed by atoms with Crippen molar-refractivity contribution >= 4 is 33.1 Å². The Hall–Kier alpha value is -3.64. The largest absolute Gasteiger partial charge is 0.472 e. The highest BCUT2D eigenvalue weighted by Crippen LogP contribution is 2.31. The normalized spacial score (nSPS) is 11.1. The lowest BCUT2D eigenvalue weighted by Crippen LogP contribution is -2.07. The molecule has 0 unspecified atom stereocenters. The van der Waals surface area contributed by atoms with Gasteiger partial charge in [0.15, 0.2) is 5.82 Å². The monoisotopic (exact) mass is 468 g/mol. The Morgan fingerprint density at radius 2 is 1.65 bits per heavy atom. The van der Waals surface area contributed by atoms with Gasteiger partial charge in [-0.2, -0.15) is 0 Å². The number of anilines is 2. The number of aryl methyl sites for hydroxylation is 2. The smallest absolute Gasteiger partial charge is 0.166 e. The van der Waals surface area contributed by atoms with Crippen LogP contribution in [0.25, 0.3) is 32.7 Å². The van der Waals surface area contributed by atoms with Crippen LogP contribution in [-0.4, -0.2) is 30.6 Å². The number of fused-ring (bicyclic) bond motifs is 1. The molecule has 0 fully saturated rings. The van der Waals surface area contributed by atoms with Gasteiger partial charge in [0.1, 0.15) is 16.9 Å². The van der Waals surface area contributed by atoms with Crippen molar-refractivity contribution in [2.24, 2.45) is 0 Å². The summed E-state index contributed by atoms with van der Waals surface area (Å²) < 4.78 is 5.23. The van der Waals surface area contributed by atoms with Gasteiger partial charge < -0.3 is 14.6 Å². The summed E-state index contributed by atoms with van der Waals surface area (Å²) in [5.41, 5.74) is 5.94. The van der Waals surface area contributed by atoms with E-state index in [4.69, 9.17) is 14.4 Å². The van der Waals surface area contributed by atoms with E-state index in [1.165, 1.54) is 27.3 Å². The molecule has 0 saturated heterocycles. The third-order valence-electron chi connectivity index (χ3n) is 5.90. The second-order valence-corrected chi connectivity index (χ2v) is 9.89. The van der Waals surface area contributed by atoms with Crippen molar-refractivity contribution in [1.82, 2.24) is 9.97 Å². The summed E-state index contributed by atoms with van der Waals surface area (Å²) in [5, 5.41) is 4.63. The van der Waals surface area contributed by atoms with Gasteiger partial charge >= 0.3 is 0 Å². The van der Waals surface area contributed by atoms with E-state index >= 15 is 0 Å². The van der Waals surface area contributed by atoms with Crippen molar-refractivity contribution in [3.05, 3.63) is 83.6 Å². The minimum Gasteiger partial charge on any atom is -0.472 e. The predicted molar refractivity (Wildman–Crippen MR) is 143 cm³/mol. The first kappa shape index (κ1) is 22.2. The van der Waals surface area contributed by atoms with E-state index in [9.17, 15) is 0 Å². The Bertz CT molecular complexity index is 1370. The minimum absolute atomic E-state index is 0.694.